The Labute approximate surface area is 167 Å². The number of hydrogen-bond donors (Lipinski definition) is 2. The van der Waals surface area contributed by atoms with Crippen molar-refractivity contribution in [3.05, 3.63) is 48.6 Å². The van der Waals surface area contributed by atoms with Crippen LogP contribution in [-0.4, -0.2) is 6.54 Å². The molecule has 1 aliphatic carbocycles. The van der Waals surface area contributed by atoms with Gasteiger partial charge in [0.05, 0.1) is 0 Å². The summed E-state index contributed by atoms with van der Waals surface area (Å²) in [5.41, 5.74) is 8.10. The van der Waals surface area contributed by atoms with E-state index >= 15 is 0 Å². The van der Waals surface area contributed by atoms with Crippen molar-refractivity contribution in [1.82, 2.24) is 0 Å². The Hall–Kier alpha value is -1.70. The Morgan fingerprint density at radius 3 is 2.26 bits per heavy atom. The second kappa shape index (κ2) is 12.6. The fourth-order valence-corrected chi connectivity index (χ4v) is 4.01. The summed E-state index contributed by atoms with van der Waals surface area (Å²) in [5.74, 6) is 0. The molecule has 0 spiro atoms. The number of allylic oxidation sites excluding steroid dienone is 3. The SMILES string of the molecule is CCCCCCCCCCCCC1(CNc2cccc(N)c2)C=CC=CC1. The summed E-state index contributed by atoms with van der Waals surface area (Å²) in [6, 6.07) is 8.08. The second-order valence-corrected chi connectivity index (χ2v) is 8.26. The summed E-state index contributed by atoms with van der Waals surface area (Å²) in [5, 5.41) is 3.62. The van der Waals surface area contributed by atoms with E-state index in [1.54, 1.807) is 0 Å². The molecule has 0 aliphatic heterocycles. The van der Waals surface area contributed by atoms with Crippen LogP contribution in [0.1, 0.15) is 84.0 Å². The Morgan fingerprint density at radius 1 is 0.926 bits per heavy atom. The highest BCUT2D eigenvalue weighted by molar-refractivity contribution is 5.54. The summed E-state index contributed by atoms with van der Waals surface area (Å²) in [6.07, 6.45) is 25.5. The second-order valence-electron chi connectivity index (χ2n) is 8.26. The summed E-state index contributed by atoms with van der Waals surface area (Å²) >= 11 is 0. The molecule has 0 aromatic heterocycles. The largest absolute Gasteiger partial charge is 0.399 e. The van der Waals surface area contributed by atoms with E-state index in [0.29, 0.717) is 0 Å². The zero-order valence-electron chi connectivity index (χ0n) is 17.4. The summed E-state index contributed by atoms with van der Waals surface area (Å²) < 4.78 is 0. The van der Waals surface area contributed by atoms with Gasteiger partial charge in [-0.1, -0.05) is 102 Å². The molecule has 1 aromatic carbocycles. The van der Waals surface area contributed by atoms with Crippen molar-refractivity contribution < 1.29 is 0 Å². The van der Waals surface area contributed by atoms with Gasteiger partial charge in [0, 0.05) is 23.3 Å². The lowest BCUT2D eigenvalue weighted by atomic mass is 9.77. The van der Waals surface area contributed by atoms with Crippen LogP contribution in [0.15, 0.2) is 48.6 Å². The lowest BCUT2D eigenvalue weighted by Gasteiger charge is -2.32. The van der Waals surface area contributed by atoms with Gasteiger partial charge in [-0.25, -0.2) is 0 Å². The van der Waals surface area contributed by atoms with E-state index in [-0.39, 0.29) is 5.41 Å². The first-order valence-corrected chi connectivity index (χ1v) is 11.2. The van der Waals surface area contributed by atoms with Crippen LogP contribution in [0.5, 0.6) is 0 Å². The van der Waals surface area contributed by atoms with Crippen LogP contribution in [-0.2, 0) is 0 Å². The van der Waals surface area contributed by atoms with Gasteiger partial charge in [0.1, 0.15) is 0 Å². The number of anilines is 2. The predicted octanol–water partition coefficient (Wildman–Crippen LogP) is 7.49. The molecule has 3 N–H and O–H groups in total. The monoisotopic (exact) mass is 368 g/mol. The number of unbranched alkanes of at least 4 members (excludes halogenated alkanes) is 9. The minimum atomic E-state index is 0.250. The topological polar surface area (TPSA) is 38.0 Å². The molecule has 1 aliphatic rings. The number of rotatable bonds is 14. The number of nitrogens with two attached hydrogens (primary N) is 1. The van der Waals surface area contributed by atoms with Crippen molar-refractivity contribution in [3.63, 3.8) is 0 Å². The molecule has 0 amide bonds. The van der Waals surface area contributed by atoms with E-state index in [9.17, 15) is 0 Å². The molecule has 2 rings (SSSR count). The normalized spacial score (nSPS) is 18.7. The van der Waals surface area contributed by atoms with Crippen molar-refractivity contribution >= 4 is 11.4 Å². The third kappa shape index (κ3) is 8.69. The maximum Gasteiger partial charge on any atom is 0.0361 e. The lowest BCUT2D eigenvalue weighted by molar-refractivity contribution is 0.354. The van der Waals surface area contributed by atoms with E-state index in [1.807, 2.05) is 18.2 Å². The van der Waals surface area contributed by atoms with Gasteiger partial charge < -0.3 is 11.1 Å². The van der Waals surface area contributed by atoms with Gasteiger partial charge in [-0.2, -0.15) is 0 Å². The summed E-state index contributed by atoms with van der Waals surface area (Å²) in [7, 11) is 0. The van der Waals surface area contributed by atoms with Gasteiger partial charge in [0.15, 0.2) is 0 Å². The molecule has 0 heterocycles. The smallest absolute Gasteiger partial charge is 0.0361 e. The average Bonchev–Trinajstić information content (AvgIpc) is 2.69. The van der Waals surface area contributed by atoms with E-state index in [4.69, 9.17) is 5.73 Å². The first kappa shape index (κ1) is 21.6. The number of benzene rings is 1. The number of nitrogens with one attached hydrogen (secondary N) is 1. The molecule has 2 nitrogen and oxygen atoms in total. The van der Waals surface area contributed by atoms with Crippen LogP contribution in [0, 0.1) is 5.41 Å². The molecule has 0 radical (unpaired) electrons. The highest BCUT2D eigenvalue weighted by Gasteiger charge is 2.26. The first-order chi connectivity index (χ1) is 13.2. The molecule has 1 atom stereocenters. The van der Waals surface area contributed by atoms with Crippen molar-refractivity contribution in [2.24, 2.45) is 5.41 Å². The molecule has 150 valence electrons. The standard InChI is InChI=1S/C25H40N2/c1-2-3-4-5-6-7-8-9-10-12-18-25(19-13-11-14-20-25)22-27-24-17-15-16-23(26)21-24/h11,13-17,19,21,27H,2-10,12,18,20,22,26H2,1H3. The van der Waals surface area contributed by atoms with Gasteiger partial charge in [-0.15, -0.1) is 0 Å². The maximum atomic E-state index is 5.91. The molecular weight excluding hydrogens is 328 g/mol. The number of nitrogen functional groups attached to an aromatic ring is 1. The molecule has 0 bridgehead atoms. The van der Waals surface area contributed by atoms with Crippen LogP contribution in [0.3, 0.4) is 0 Å². The summed E-state index contributed by atoms with van der Waals surface area (Å²) in [6.45, 7) is 3.27. The van der Waals surface area contributed by atoms with Crippen LogP contribution in [0.25, 0.3) is 0 Å². The highest BCUT2D eigenvalue weighted by Crippen LogP contribution is 2.34. The van der Waals surface area contributed by atoms with Gasteiger partial charge in [-0.3, -0.25) is 0 Å². The average molecular weight is 369 g/mol. The zero-order chi connectivity index (χ0) is 19.2. The molecule has 0 fully saturated rings. The molecule has 27 heavy (non-hydrogen) atoms. The Balaban J connectivity index is 1.65. The molecule has 2 heteroatoms. The molecule has 1 aromatic rings. The van der Waals surface area contributed by atoms with E-state index in [1.165, 1.54) is 70.6 Å². The van der Waals surface area contributed by atoms with E-state index in [2.05, 4.69) is 42.6 Å². The predicted molar refractivity (Wildman–Crippen MR) is 121 cm³/mol. The van der Waals surface area contributed by atoms with Gasteiger partial charge >= 0.3 is 0 Å². The Bertz CT molecular complexity index is 575. The van der Waals surface area contributed by atoms with Crippen molar-refractivity contribution in [3.8, 4) is 0 Å². The third-order valence-electron chi connectivity index (χ3n) is 5.78. The van der Waals surface area contributed by atoms with Crippen LogP contribution < -0.4 is 11.1 Å². The molecule has 0 saturated carbocycles. The molecule has 1 unspecified atom stereocenters. The van der Waals surface area contributed by atoms with Crippen molar-refractivity contribution in [2.75, 3.05) is 17.6 Å². The Kier molecular flexibility index (Phi) is 10.1. The quantitative estimate of drug-likeness (QED) is 0.263. The van der Waals surface area contributed by atoms with Crippen LogP contribution in [0.4, 0.5) is 11.4 Å². The van der Waals surface area contributed by atoms with Gasteiger partial charge in [-0.05, 0) is 31.0 Å². The van der Waals surface area contributed by atoms with Crippen LogP contribution >= 0.6 is 0 Å². The summed E-state index contributed by atoms with van der Waals surface area (Å²) in [4.78, 5) is 0. The van der Waals surface area contributed by atoms with Crippen molar-refractivity contribution in [1.29, 1.82) is 0 Å². The molecular formula is C25H40N2. The van der Waals surface area contributed by atoms with Crippen LogP contribution in [0.2, 0.25) is 0 Å². The van der Waals surface area contributed by atoms with Gasteiger partial charge in [0.2, 0.25) is 0 Å². The van der Waals surface area contributed by atoms with E-state index < -0.39 is 0 Å². The van der Waals surface area contributed by atoms with Gasteiger partial charge in [0.25, 0.3) is 0 Å². The maximum absolute atomic E-state index is 5.91. The molecule has 0 saturated heterocycles. The lowest BCUT2D eigenvalue weighted by Crippen LogP contribution is -2.28. The minimum absolute atomic E-state index is 0.250. The zero-order valence-corrected chi connectivity index (χ0v) is 17.4. The fourth-order valence-electron chi connectivity index (χ4n) is 4.01. The number of hydrogen-bond acceptors (Lipinski definition) is 2. The Morgan fingerprint density at radius 2 is 1.63 bits per heavy atom. The van der Waals surface area contributed by atoms with E-state index in [0.717, 1.165) is 24.3 Å². The first-order valence-electron chi connectivity index (χ1n) is 11.2. The third-order valence-corrected chi connectivity index (χ3v) is 5.78. The fraction of sp³-hybridized carbons (Fsp3) is 0.600. The minimum Gasteiger partial charge on any atom is -0.399 e. The highest BCUT2D eigenvalue weighted by atomic mass is 14.9. The van der Waals surface area contributed by atoms with Crippen molar-refractivity contribution in [2.45, 2.75) is 84.0 Å².